The lowest BCUT2D eigenvalue weighted by Crippen LogP contribution is -2.12. The molecule has 0 radical (unpaired) electrons. The molecule has 0 unspecified atom stereocenters. The molecule has 0 spiro atoms. The van der Waals surface area contributed by atoms with Gasteiger partial charge in [0.2, 0.25) is 0 Å². The van der Waals surface area contributed by atoms with Crippen molar-refractivity contribution in [1.82, 2.24) is 9.97 Å². The van der Waals surface area contributed by atoms with Crippen molar-refractivity contribution in [3.8, 4) is 0 Å². The molecule has 0 aromatic carbocycles. The summed E-state index contributed by atoms with van der Waals surface area (Å²) < 4.78 is 30.7. The van der Waals surface area contributed by atoms with Gasteiger partial charge in [-0.15, -0.1) is 0 Å². The van der Waals surface area contributed by atoms with Crippen molar-refractivity contribution < 1.29 is 17.8 Å². The van der Waals surface area contributed by atoms with Crippen molar-refractivity contribution >= 4 is 15.9 Å². The number of nitrogens with zero attached hydrogens (tertiary/aromatic N) is 2. The fraction of sp³-hybridized carbons (Fsp3) is 0.375. The fourth-order valence-electron chi connectivity index (χ4n) is 1.01. The smallest absolute Gasteiger partial charge is 0.292 e. The maximum atomic E-state index is 11.4. The second-order valence-electron chi connectivity index (χ2n) is 2.88. The lowest BCUT2D eigenvalue weighted by Gasteiger charge is -2.03. The van der Waals surface area contributed by atoms with E-state index in [1.54, 1.807) is 6.92 Å². The first-order chi connectivity index (χ1) is 6.86. The Balaban J connectivity index is 3.47. The Bertz CT molecular complexity index is 495. The summed E-state index contributed by atoms with van der Waals surface area (Å²) in [5, 5.41) is 0. The van der Waals surface area contributed by atoms with Crippen LogP contribution in [0.25, 0.3) is 0 Å². The van der Waals surface area contributed by atoms with Crippen molar-refractivity contribution in [1.29, 1.82) is 0 Å². The summed E-state index contributed by atoms with van der Waals surface area (Å²) in [5.74, 6) is -0.174. The first kappa shape index (κ1) is 11.7. The second-order valence-corrected chi connectivity index (χ2v) is 4.27. The Hall–Kier alpha value is -1.34. The third-order valence-corrected chi connectivity index (χ3v) is 2.59. The van der Waals surface area contributed by atoms with Crippen molar-refractivity contribution in [2.75, 3.05) is 0 Å². The monoisotopic (exact) mass is 230 g/mol. The summed E-state index contributed by atoms with van der Waals surface area (Å²) in [6, 6.07) is 0. The topological polar surface area (TPSA) is 97.2 Å². The van der Waals surface area contributed by atoms with Crippen LogP contribution in [0.1, 0.15) is 29.7 Å². The Kier molecular flexibility index (Phi) is 3.15. The van der Waals surface area contributed by atoms with Crippen molar-refractivity contribution in [2.24, 2.45) is 0 Å². The zero-order valence-electron chi connectivity index (χ0n) is 8.26. The minimum atomic E-state index is -4.45. The molecule has 0 aliphatic heterocycles. The van der Waals surface area contributed by atoms with Gasteiger partial charge in [-0.05, 0) is 6.92 Å². The van der Waals surface area contributed by atoms with E-state index in [0.29, 0.717) is 0 Å². The Morgan fingerprint density at radius 1 is 1.53 bits per heavy atom. The number of Topliss-reactive ketones (excluding diaryl/α,β-unsaturated/α-hetero) is 1. The Morgan fingerprint density at radius 2 is 2.13 bits per heavy atom. The van der Waals surface area contributed by atoms with Crippen LogP contribution in [0.3, 0.4) is 0 Å². The first-order valence-electron chi connectivity index (χ1n) is 4.20. The van der Waals surface area contributed by atoms with Gasteiger partial charge < -0.3 is 0 Å². The molecular weight excluding hydrogens is 220 g/mol. The SMILES string of the molecule is CCC(=O)c1nc(C)ncc1S(=O)(=O)O. The van der Waals surface area contributed by atoms with Gasteiger partial charge in [-0.2, -0.15) is 8.42 Å². The average Bonchev–Trinajstić information content (AvgIpc) is 2.14. The zero-order chi connectivity index (χ0) is 11.6. The van der Waals surface area contributed by atoms with E-state index < -0.39 is 20.8 Å². The number of hydrogen-bond acceptors (Lipinski definition) is 5. The summed E-state index contributed by atoms with van der Waals surface area (Å²) >= 11 is 0. The van der Waals surface area contributed by atoms with E-state index in [2.05, 4.69) is 9.97 Å². The van der Waals surface area contributed by atoms with Gasteiger partial charge >= 0.3 is 0 Å². The summed E-state index contributed by atoms with van der Waals surface area (Å²) in [6.45, 7) is 3.10. The van der Waals surface area contributed by atoms with E-state index in [-0.39, 0.29) is 17.9 Å². The van der Waals surface area contributed by atoms with Gasteiger partial charge in [0.15, 0.2) is 5.78 Å². The molecule has 6 nitrogen and oxygen atoms in total. The maximum Gasteiger partial charge on any atom is 0.298 e. The molecule has 1 aromatic rings. The van der Waals surface area contributed by atoms with E-state index in [1.165, 1.54) is 6.92 Å². The summed E-state index contributed by atoms with van der Waals surface area (Å²) in [7, 11) is -4.45. The van der Waals surface area contributed by atoms with E-state index >= 15 is 0 Å². The van der Waals surface area contributed by atoms with Crippen LogP contribution in [0.15, 0.2) is 11.1 Å². The number of hydrogen-bond donors (Lipinski definition) is 1. The molecule has 0 aliphatic rings. The lowest BCUT2D eigenvalue weighted by molar-refractivity contribution is 0.0979. The number of ketones is 1. The molecule has 7 heteroatoms. The van der Waals surface area contributed by atoms with Crippen LogP contribution >= 0.6 is 0 Å². The van der Waals surface area contributed by atoms with Gasteiger partial charge in [0, 0.05) is 6.42 Å². The first-order valence-corrected chi connectivity index (χ1v) is 5.64. The zero-order valence-corrected chi connectivity index (χ0v) is 9.08. The molecule has 0 saturated carbocycles. The molecule has 1 heterocycles. The third-order valence-electron chi connectivity index (χ3n) is 1.74. The molecule has 1 rings (SSSR count). The molecule has 0 aliphatic carbocycles. The number of aryl methyl sites for hydroxylation is 1. The van der Waals surface area contributed by atoms with Gasteiger partial charge in [-0.25, -0.2) is 9.97 Å². The average molecular weight is 230 g/mol. The third kappa shape index (κ3) is 2.57. The molecule has 0 atom stereocenters. The molecule has 15 heavy (non-hydrogen) atoms. The molecule has 1 N–H and O–H groups in total. The van der Waals surface area contributed by atoms with Crippen LogP contribution in [0.2, 0.25) is 0 Å². The van der Waals surface area contributed by atoms with Crippen LogP contribution in [0.5, 0.6) is 0 Å². The maximum absolute atomic E-state index is 11.4. The van der Waals surface area contributed by atoms with Gasteiger partial charge in [0.1, 0.15) is 16.4 Å². The molecule has 0 amide bonds. The Morgan fingerprint density at radius 3 is 2.60 bits per heavy atom. The van der Waals surface area contributed by atoms with Gasteiger partial charge in [-0.1, -0.05) is 6.92 Å². The van der Waals surface area contributed by atoms with E-state index in [9.17, 15) is 13.2 Å². The highest BCUT2D eigenvalue weighted by atomic mass is 32.2. The largest absolute Gasteiger partial charge is 0.298 e. The van der Waals surface area contributed by atoms with Crippen LogP contribution in [0.4, 0.5) is 0 Å². The highest BCUT2D eigenvalue weighted by Gasteiger charge is 2.21. The van der Waals surface area contributed by atoms with Gasteiger partial charge in [0.05, 0.1) is 6.20 Å². The predicted octanol–water partition coefficient (Wildman–Crippen LogP) is 0.624. The normalized spacial score (nSPS) is 11.4. The van der Waals surface area contributed by atoms with E-state index in [4.69, 9.17) is 4.55 Å². The molecular formula is C8H10N2O4S. The number of carbonyl (C=O) groups excluding carboxylic acids is 1. The molecule has 1 aromatic heterocycles. The number of carbonyl (C=O) groups is 1. The Labute approximate surface area is 87.1 Å². The van der Waals surface area contributed by atoms with Crippen LogP contribution in [0, 0.1) is 6.92 Å². The molecule has 0 fully saturated rings. The molecule has 0 saturated heterocycles. The summed E-state index contributed by atoms with van der Waals surface area (Å²) in [4.78, 5) is 18.2. The standard InChI is InChI=1S/C8H10N2O4S/c1-3-6(11)8-7(15(12,13)14)4-9-5(2)10-8/h4H,3H2,1-2H3,(H,12,13,14). The van der Waals surface area contributed by atoms with Crippen molar-refractivity contribution in [2.45, 2.75) is 25.2 Å². The highest BCUT2D eigenvalue weighted by Crippen LogP contribution is 2.13. The van der Waals surface area contributed by atoms with Crippen molar-refractivity contribution in [3.05, 3.63) is 17.7 Å². The van der Waals surface area contributed by atoms with Crippen LogP contribution in [-0.4, -0.2) is 28.7 Å². The van der Waals surface area contributed by atoms with E-state index in [1.807, 2.05) is 0 Å². The predicted molar refractivity (Wildman–Crippen MR) is 51.2 cm³/mol. The molecule has 82 valence electrons. The van der Waals surface area contributed by atoms with Crippen molar-refractivity contribution in [3.63, 3.8) is 0 Å². The minimum absolute atomic E-state index is 0.110. The quantitative estimate of drug-likeness (QED) is 0.604. The minimum Gasteiger partial charge on any atom is -0.292 e. The second kappa shape index (κ2) is 4.03. The number of rotatable bonds is 3. The summed E-state index contributed by atoms with van der Waals surface area (Å²) in [5.41, 5.74) is -0.257. The van der Waals surface area contributed by atoms with Gasteiger partial charge in [-0.3, -0.25) is 9.35 Å². The van der Waals surface area contributed by atoms with Crippen LogP contribution in [-0.2, 0) is 10.1 Å². The van der Waals surface area contributed by atoms with E-state index in [0.717, 1.165) is 6.20 Å². The fourth-order valence-corrected chi connectivity index (χ4v) is 1.60. The number of aromatic nitrogens is 2. The van der Waals surface area contributed by atoms with Gasteiger partial charge in [0.25, 0.3) is 10.1 Å². The highest BCUT2D eigenvalue weighted by molar-refractivity contribution is 7.86. The molecule has 0 bridgehead atoms. The lowest BCUT2D eigenvalue weighted by atomic mass is 10.2. The van der Waals surface area contributed by atoms with Crippen LogP contribution < -0.4 is 0 Å². The summed E-state index contributed by atoms with van der Waals surface area (Å²) in [6.07, 6.45) is 1.04.